The predicted octanol–water partition coefficient (Wildman–Crippen LogP) is 3.25. The highest BCUT2D eigenvalue weighted by Gasteiger charge is 2.17. The number of hydrogen-bond donors (Lipinski definition) is 1. The van der Waals surface area contributed by atoms with Crippen LogP contribution in [0.25, 0.3) is 10.9 Å². The van der Waals surface area contributed by atoms with Gasteiger partial charge in [-0.25, -0.2) is 4.98 Å². The van der Waals surface area contributed by atoms with E-state index in [0.717, 1.165) is 19.3 Å². The number of nitrogens with zero attached hydrogens (tertiary/aromatic N) is 2. The fraction of sp³-hybridized carbons (Fsp3) is 0.421. The molecule has 1 amide bonds. The number of rotatable bonds is 6. The van der Waals surface area contributed by atoms with Crippen molar-refractivity contribution in [3.8, 4) is 0 Å². The summed E-state index contributed by atoms with van der Waals surface area (Å²) >= 11 is 1.25. The molecule has 0 aliphatic heterocycles. The van der Waals surface area contributed by atoms with Crippen molar-refractivity contribution in [1.82, 2.24) is 9.55 Å². The van der Waals surface area contributed by atoms with Gasteiger partial charge in [0.05, 0.1) is 16.2 Å². The minimum Gasteiger partial charge on any atom is -0.369 e. The molecule has 5 nitrogen and oxygen atoms in total. The van der Waals surface area contributed by atoms with E-state index in [2.05, 4.69) is 11.1 Å². The highest BCUT2D eigenvalue weighted by molar-refractivity contribution is 8.00. The SMILES string of the molecule is C[C@H](Sc1nc2ccccc2c(=O)n1CCC1=CCCCC1)C(N)=O. The summed E-state index contributed by atoms with van der Waals surface area (Å²) in [5.41, 5.74) is 7.40. The number of nitrogens with two attached hydrogens (primary N) is 1. The number of carbonyl (C=O) groups excluding carboxylic acids is 1. The topological polar surface area (TPSA) is 78.0 Å². The van der Waals surface area contributed by atoms with Crippen molar-refractivity contribution in [2.24, 2.45) is 5.73 Å². The summed E-state index contributed by atoms with van der Waals surface area (Å²) < 4.78 is 1.70. The monoisotopic (exact) mass is 357 g/mol. The van der Waals surface area contributed by atoms with E-state index in [1.165, 1.54) is 30.2 Å². The normalized spacial score (nSPS) is 15.8. The second-order valence-corrected chi connectivity index (χ2v) is 7.70. The van der Waals surface area contributed by atoms with Gasteiger partial charge >= 0.3 is 0 Å². The number of fused-ring (bicyclic) bond motifs is 1. The van der Waals surface area contributed by atoms with Crippen LogP contribution in [0, 0.1) is 0 Å². The number of para-hydroxylation sites is 1. The Morgan fingerprint density at radius 2 is 2.16 bits per heavy atom. The number of carbonyl (C=O) groups is 1. The van der Waals surface area contributed by atoms with Crippen LogP contribution in [0.3, 0.4) is 0 Å². The lowest BCUT2D eigenvalue weighted by Gasteiger charge is -2.17. The van der Waals surface area contributed by atoms with E-state index in [1.807, 2.05) is 18.2 Å². The first kappa shape index (κ1) is 17.7. The zero-order valence-corrected chi connectivity index (χ0v) is 15.2. The van der Waals surface area contributed by atoms with Crippen LogP contribution < -0.4 is 11.3 Å². The van der Waals surface area contributed by atoms with Gasteiger partial charge in [-0.15, -0.1) is 0 Å². The molecule has 1 heterocycles. The minimum atomic E-state index is -0.437. The average molecular weight is 357 g/mol. The molecule has 0 saturated heterocycles. The van der Waals surface area contributed by atoms with E-state index >= 15 is 0 Å². The van der Waals surface area contributed by atoms with Crippen molar-refractivity contribution in [2.45, 2.75) is 56.0 Å². The molecular formula is C19H23N3O2S. The third-order valence-corrected chi connectivity index (χ3v) is 5.66. The van der Waals surface area contributed by atoms with Crippen LogP contribution in [-0.4, -0.2) is 20.7 Å². The van der Waals surface area contributed by atoms with E-state index in [9.17, 15) is 9.59 Å². The largest absolute Gasteiger partial charge is 0.369 e. The van der Waals surface area contributed by atoms with Crippen molar-refractivity contribution in [1.29, 1.82) is 0 Å². The van der Waals surface area contributed by atoms with Gasteiger partial charge in [-0.1, -0.05) is 35.5 Å². The summed E-state index contributed by atoms with van der Waals surface area (Å²) in [5.74, 6) is -0.408. The fourth-order valence-electron chi connectivity index (χ4n) is 3.04. The number of benzene rings is 1. The first-order valence-corrected chi connectivity index (χ1v) is 9.57. The summed E-state index contributed by atoms with van der Waals surface area (Å²) in [5, 5.41) is 0.732. The molecule has 0 fully saturated rings. The fourth-order valence-corrected chi connectivity index (χ4v) is 3.92. The van der Waals surface area contributed by atoms with Gasteiger partial charge in [0, 0.05) is 6.54 Å². The molecule has 2 aromatic rings. The van der Waals surface area contributed by atoms with Gasteiger partial charge in [0.1, 0.15) is 0 Å². The summed E-state index contributed by atoms with van der Waals surface area (Å²) in [6.45, 7) is 2.32. The van der Waals surface area contributed by atoms with Gasteiger partial charge in [0.25, 0.3) is 5.56 Å². The number of amides is 1. The van der Waals surface area contributed by atoms with Gasteiger partial charge in [0.15, 0.2) is 5.16 Å². The molecule has 2 N–H and O–H groups in total. The molecule has 0 bridgehead atoms. The second-order valence-electron chi connectivity index (χ2n) is 6.39. The number of primary amides is 1. The smallest absolute Gasteiger partial charge is 0.262 e. The Morgan fingerprint density at radius 1 is 1.36 bits per heavy atom. The molecule has 1 aromatic carbocycles. The summed E-state index contributed by atoms with van der Waals surface area (Å²) in [7, 11) is 0. The van der Waals surface area contributed by atoms with Crippen LogP contribution >= 0.6 is 11.8 Å². The first-order chi connectivity index (χ1) is 12.1. The summed E-state index contributed by atoms with van der Waals surface area (Å²) in [4.78, 5) is 29.0. The molecule has 25 heavy (non-hydrogen) atoms. The first-order valence-electron chi connectivity index (χ1n) is 8.69. The van der Waals surface area contributed by atoms with Crippen LogP contribution in [-0.2, 0) is 11.3 Å². The number of thioether (sulfide) groups is 1. The van der Waals surface area contributed by atoms with Crippen LogP contribution in [0.2, 0.25) is 0 Å². The van der Waals surface area contributed by atoms with Gasteiger partial charge < -0.3 is 5.73 Å². The molecule has 0 radical (unpaired) electrons. The Balaban J connectivity index is 1.97. The van der Waals surface area contributed by atoms with Crippen molar-refractivity contribution in [3.63, 3.8) is 0 Å². The highest BCUT2D eigenvalue weighted by atomic mass is 32.2. The van der Waals surface area contributed by atoms with Crippen LogP contribution in [0.4, 0.5) is 0 Å². The molecule has 6 heteroatoms. The Kier molecular flexibility index (Phi) is 5.58. The molecule has 132 valence electrons. The number of aromatic nitrogens is 2. The zero-order chi connectivity index (χ0) is 17.8. The van der Waals surface area contributed by atoms with Crippen molar-refractivity contribution in [3.05, 3.63) is 46.3 Å². The maximum atomic E-state index is 12.9. The lowest BCUT2D eigenvalue weighted by atomic mass is 9.97. The maximum absolute atomic E-state index is 12.9. The van der Waals surface area contributed by atoms with Crippen molar-refractivity contribution >= 4 is 28.6 Å². The predicted molar refractivity (Wildman–Crippen MR) is 102 cm³/mol. The Hall–Kier alpha value is -2.08. The van der Waals surface area contributed by atoms with Gasteiger partial charge in [0.2, 0.25) is 5.91 Å². The zero-order valence-electron chi connectivity index (χ0n) is 14.4. The molecule has 3 rings (SSSR count). The van der Waals surface area contributed by atoms with E-state index in [1.54, 1.807) is 17.6 Å². The quantitative estimate of drug-likeness (QED) is 0.489. The Labute approximate surface area is 151 Å². The van der Waals surface area contributed by atoms with E-state index in [0.29, 0.717) is 22.6 Å². The van der Waals surface area contributed by atoms with Gasteiger partial charge in [-0.2, -0.15) is 0 Å². The Bertz CT molecular complexity index is 873. The molecule has 1 aromatic heterocycles. The maximum Gasteiger partial charge on any atom is 0.262 e. The van der Waals surface area contributed by atoms with Crippen LogP contribution in [0.5, 0.6) is 0 Å². The lowest BCUT2D eigenvalue weighted by Crippen LogP contribution is -2.27. The molecule has 0 unspecified atom stereocenters. The third-order valence-electron chi connectivity index (χ3n) is 4.55. The van der Waals surface area contributed by atoms with Crippen molar-refractivity contribution in [2.75, 3.05) is 0 Å². The van der Waals surface area contributed by atoms with Gasteiger partial charge in [-0.05, 0) is 51.2 Å². The van der Waals surface area contributed by atoms with Crippen LogP contribution in [0.1, 0.15) is 39.0 Å². The highest BCUT2D eigenvalue weighted by Crippen LogP contribution is 2.25. The summed E-state index contributed by atoms with van der Waals surface area (Å²) in [6.07, 6.45) is 7.84. The number of allylic oxidation sites excluding steroid dienone is 2. The molecule has 1 aliphatic carbocycles. The molecule has 0 spiro atoms. The molecule has 1 atom stereocenters. The van der Waals surface area contributed by atoms with E-state index in [4.69, 9.17) is 5.73 Å². The number of hydrogen-bond acceptors (Lipinski definition) is 4. The molecular weight excluding hydrogens is 334 g/mol. The molecule has 1 aliphatic rings. The molecule has 0 saturated carbocycles. The van der Waals surface area contributed by atoms with E-state index in [-0.39, 0.29) is 5.56 Å². The third kappa shape index (κ3) is 4.12. The standard InChI is InChI=1S/C19H23N3O2S/c1-13(17(20)23)25-19-21-16-10-6-5-9-15(16)18(24)22(19)12-11-14-7-3-2-4-8-14/h5-7,9-10,13H,2-4,8,11-12H2,1H3,(H2,20,23)/t13-/m0/s1. The van der Waals surface area contributed by atoms with Crippen molar-refractivity contribution < 1.29 is 4.79 Å². The van der Waals surface area contributed by atoms with Gasteiger partial charge in [-0.3, -0.25) is 14.2 Å². The summed E-state index contributed by atoms with van der Waals surface area (Å²) in [6, 6.07) is 7.33. The lowest BCUT2D eigenvalue weighted by molar-refractivity contribution is -0.117. The second kappa shape index (κ2) is 7.87. The minimum absolute atomic E-state index is 0.0545. The van der Waals surface area contributed by atoms with Crippen LogP contribution in [0.15, 0.2) is 45.9 Å². The Morgan fingerprint density at radius 3 is 2.88 bits per heavy atom. The van der Waals surface area contributed by atoms with E-state index < -0.39 is 11.2 Å². The average Bonchev–Trinajstić information content (AvgIpc) is 2.62.